The lowest BCUT2D eigenvalue weighted by Crippen LogP contribution is -2.53. The van der Waals surface area contributed by atoms with Gasteiger partial charge < -0.3 is 10.2 Å². The first kappa shape index (κ1) is 30.8. The Labute approximate surface area is 237 Å². The van der Waals surface area contributed by atoms with Crippen LogP contribution < -0.4 is 9.62 Å². The number of hydrogen-bond donors (Lipinski definition) is 1. The second-order valence-electron chi connectivity index (χ2n) is 10.1. The van der Waals surface area contributed by atoms with Crippen LogP contribution in [-0.4, -0.2) is 43.8 Å². The molecule has 0 aliphatic rings. The molecule has 0 heterocycles. The Hall–Kier alpha value is -3.72. The zero-order valence-corrected chi connectivity index (χ0v) is 24.5. The first-order chi connectivity index (χ1) is 19.0. The van der Waals surface area contributed by atoms with Gasteiger partial charge in [0.2, 0.25) is 11.8 Å². The molecule has 214 valence electrons. The highest BCUT2D eigenvalue weighted by Crippen LogP contribution is 2.27. The summed E-state index contributed by atoms with van der Waals surface area (Å²) < 4.78 is 42.5. The predicted octanol–water partition coefficient (Wildman–Crippen LogP) is 5.36. The van der Waals surface area contributed by atoms with E-state index in [0.717, 1.165) is 15.4 Å². The molecule has 0 aromatic heterocycles. The summed E-state index contributed by atoms with van der Waals surface area (Å²) in [6.07, 6.45) is 1.02. The number of nitrogens with one attached hydrogen (secondary N) is 1. The Bertz CT molecular complexity index is 1390. The third-order valence-electron chi connectivity index (χ3n) is 6.76. The maximum Gasteiger partial charge on any atom is 0.264 e. The van der Waals surface area contributed by atoms with Crippen molar-refractivity contribution in [2.75, 3.05) is 10.8 Å². The molecule has 0 aliphatic carbocycles. The van der Waals surface area contributed by atoms with Gasteiger partial charge in [-0.2, -0.15) is 0 Å². The lowest BCUT2D eigenvalue weighted by molar-refractivity contribution is -0.140. The van der Waals surface area contributed by atoms with Crippen molar-refractivity contribution in [1.82, 2.24) is 10.2 Å². The summed E-state index contributed by atoms with van der Waals surface area (Å²) in [4.78, 5) is 28.8. The van der Waals surface area contributed by atoms with E-state index in [0.29, 0.717) is 24.1 Å². The van der Waals surface area contributed by atoms with Crippen molar-refractivity contribution in [3.8, 4) is 0 Å². The van der Waals surface area contributed by atoms with Crippen molar-refractivity contribution in [3.05, 3.63) is 95.3 Å². The van der Waals surface area contributed by atoms with E-state index in [2.05, 4.69) is 5.32 Å². The monoisotopic (exact) mass is 567 g/mol. The van der Waals surface area contributed by atoms with E-state index in [-0.39, 0.29) is 23.4 Å². The average molecular weight is 568 g/mol. The molecule has 9 heteroatoms. The third kappa shape index (κ3) is 7.69. The Morgan fingerprint density at radius 2 is 1.50 bits per heavy atom. The molecule has 2 atom stereocenters. The lowest BCUT2D eigenvalue weighted by Gasteiger charge is -2.34. The van der Waals surface area contributed by atoms with Crippen LogP contribution in [0.4, 0.5) is 10.1 Å². The topological polar surface area (TPSA) is 86.8 Å². The normalized spacial score (nSPS) is 12.8. The predicted molar refractivity (Wildman–Crippen MR) is 156 cm³/mol. The molecule has 0 spiro atoms. The third-order valence-corrected chi connectivity index (χ3v) is 8.55. The molecule has 0 saturated carbocycles. The van der Waals surface area contributed by atoms with Gasteiger partial charge in [0.1, 0.15) is 18.4 Å². The smallest absolute Gasteiger partial charge is 0.264 e. The van der Waals surface area contributed by atoms with E-state index < -0.39 is 34.3 Å². The summed E-state index contributed by atoms with van der Waals surface area (Å²) >= 11 is 0. The average Bonchev–Trinajstić information content (AvgIpc) is 2.92. The number of nitrogens with zero attached hydrogens (tertiary/aromatic N) is 2. The van der Waals surface area contributed by atoms with Crippen LogP contribution >= 0.6 is 0 Å². The van der Waals surface area contributed by atoms with Gasteiger partial charge in [0, 0.05) is 12.6 Å². The van der Waals surface area contributed by atoms with Crippen LogP contribution in [-0.2, 0) is 26.2 Å². The van der Waals surface area contributed by atoms with Crippen LogP contribution in [0.2, 0.25) is 0 Å². The molecular formula is C31H38FN3O4S. The highest BCUT2D eigenvalue weighted by molar-refractivity contribution is 7.92. The summed E-state index contributed by atoms with van der Waals surface area (Å²) in [6, 6.07) is 18.0. The van der Waals surface area contributed by atoms with Crippen molar-refractivity contribution in [1.29, 1.82) is 0 Å². The van der Waals surface area contributed by atoms with Gasteiger partial charge in [-0.25, -0.2) is 12.8 Å². The van der Waals surface area contributed by atoms with E-state index in [1.807, 2.05) is 33.8 Å². The highest BCUT2D eigenvalue weighted by atomic mass is 32.2. The number of rotatable bonds is 12. The molecule has 0 unspecified atom stereocenters. The fraction of sp³-hybridized carbons (Fsp3) is 0.355. The van der Waals surface area contributed by atoms with E-state index in [1.54, 1.807) is 49.4 Å². The highest BCUT2D eigenvalue weighted by Gasteiger charge is 2.34. The fourth-order valence-electron chi connectivity index (χ4n) is 4.49. The summed E-state index contributed by atoms with van der Waals surface area (Å²) in [7, 11) is -4.13. The van der Waals surface area contributed by atoms with Crippen molar-refractivity contribution in [3.63, 3.8) is 0 Å². The maximum atomic E-state index is 14.1. The van der Waals surface area contributed by atoms with Gasteiger partial charge in [-0.1, -0.05) is 50.2 Å². The number of sulfonamides is 1. The largest absolute Gasteiger partial charge is 0.352 e. The molecule has 0 saturated heterocycles. The zero-order chi connectivity index (χ0) is 29.4. The molecule has 3 aromatic rings. The molecule has 7 nitrogen and oxygen atoms in total. The number of aryl methyl sites for hydroxylation is 2. The number of carbonyl (C=O) groups is 2. The maximum absolute atomic E-state index is 14.1. The first-order valence-corrected chi connectivity index (χ1v) is 14.9. The Morgan fingerprint density at radius 1 is 0.900 bits per heavy atom. The number of halogens is 1. The number of hydrogen-bond acceptors (Lipinski definition) is 4. The van der Waals surface area contributed by atoms with Crippen LogP contribution in [0.15, 0.2) is 77.7 Å². The molecule has 3 aromatic carbocycles. The molecule has 3 rings (SSSR count). The molecule has 40 heavy (non-hydrogen) atoms. The lowest BCUT2D eigenvalue weighted by atomic mass is 10.1. The second-order valence-corrected chi connectivity index (χ2v) is 11.9. The minimum Gasteiger partial charge on any atom is -0.352 e. The van der Waals surface area contributed by atoms with Crippen LogP contribution in [0.5, 0.6) is 0 Å². The number of carbonyl (C=O) groups excluding carboxylic acids is 2. The Kier molecular flexibility index (Phi) is 10.5. The van der Waals surface area contributed by atoms with Crippen LogP contribution in [0.25, 0.3) is 0 Å². The van der Waals surface area contributed by atoms with Gasteiger partial charge in [0.05, 0.1) is 10.6 Å². The van der Waals surface area contributed by atoms with Crippen molar-refractivity contribution >= 4 is 27.5 Å². The number of amides is 2. The Morgan fingerprint density at radius 3 is 2.05 bits per heavy atom. The first-order valence-electron chi connectivity index (χ1n) is 13.5. The molecule has 0 bridgehead atoms. The van der Waals surface area contributed by atoms with Crippen molar-refractivity contribution in [2.45, 2.75) is 71.0 Å². The van der Waals surface area contributed by atoms with Gasteiger partial charge in [0.25, 0.3) is 10.0 Å². The molecule has 2 amide bonds. The summed E-state index contributed by atoms with van der Waals surface area (Å²) in [6.45, 7) is 8.84. The standard InChI is InChI=1S/C31H38FN3O4S/c1-6-24(5)33-31(37)29(7-2)34(20-25-13-15-26(32)16-14-25)30(36)21-35(27-18-22(3)17-23(4)19-27)40(38,39)28-11-9-8-10-12-28/h8-19,24,29H,6-7,20-21H2,1-5H3,(H,33,37)/t24-,29+/m0/s1. The van der Waals surface area contributed by atoms with Gasteiger partial charge in [-0.3, -0.25) is 13.9 Å². The SMILES string of the molecule is CC[C@H](C(=O)N[C@@H](C)CC)N(Cc1ccc(F)cc1)C(=O)CN(c1cc(C)cc(C)c1)S(=O)(=O)c1ccccc1. The van der Waals surface area contributed by atoms with Gasteiger partial charge in [-0.15, -0.1) is 0 Å². The van der Waals surface area contributed by atoms with E-state index in [9.17, 15) is 22.4 Å². The van der Waals surface area contributed by atoms with Gasteiger partial charge in [0.15, 0.2) is 0 Å². The van der Waals surface area contributed by atoms with E-state index in [1.165, 1.54) is 29.2 Å². The number of anilines is 1. The van der Waals surface area contributed by atoms with Crippen molar-refractivity contribution < 1.29 is 22.4 Å². The van der Waals surface area contributed by atoms with Gasteiger partial charge >= 0.3 is 0 Å². The summed E-state index contributed by atoms with van der Waals surface area (Å²) in [5.74, 6) is -1.29. The van der Waals surface area contributed by atoms with E-state index >= 15 is 0 Å². The van der Waals surface area contributed by atoms with Gasteiger partial charge in [-0.05, 0) is 86.7 Å². The van der Waals surface area contributed by atoms with Crippen LogP contribution in [0.1, 0.15) is 50.3 Å². The van der Waals surface area contributed by atoms with Crippen LogP contribution in [0, 0.1) is 19.7 Å². The minimum absolute atomic E-state index is 0.0115. The minimum atomic E-state index is -4.13. The molecule has 0 radical (unpaired) electrons. The summed E-state index contributed by atoms with van der Waals surface area (Å²) in [5.41, 5.74) is 2.67. The van der Waals surface area contributed by atoms with Crippen molar-refractivity contribution in [2.24, 2.45) is 0 Å². The molecule has 1 N–H and O–H groups in total. The molecular weight excluding hydrogens is 529 g/mol. The molecule has 0 aliphatic heterocycles. The Balaban J connectivity index is 2.07. The van der Waals surface area contributed by atoms with E-state index in [4.69, 9.17) is 0 Å². The second kappa shape index (κ2) is 13.6. The number of benzene rings is 3. The fourth-order valence-corrected chi connectivity index (χ4v) is 5.91. The molecule has 0 fully saturated rings. The zero-order valence-electron chi connectivity index (χ0n) is 23.7. The quantitative estimate of drug-likeness (QED) is 0.319. The summed E-state index contributed by atoms with van der Waals surface area (Å²) in [5, 5.41) is 2.94. The van der Waals surface area contributed by atoms with Crippen LogP contribution in [0.3, 0.4) is 0 Å².